The number of benzene rings is 1. The molecule has 1 heterocycles. The van der Waals surface area contributed by atoms with E-state index in [9.17, 15) is 14.4 Å². The molecule has 0 spiro atoms. The number of anilines is 1. The van der Waals surface area contributed by atoms with Crippen molar-refractivity contribution in [1.29, 1.82) is 0 Å². The number of nitrogens with one attached hydrogen (secondary N) is 2. The molecule has 0 aliphatic heterocycles. The van der Waals surface area contributed by atoms with Crippen LogP contribution < -0.4 is 21.8 Å². The van der Waals surface area contributed by atoms with Crippen LogP contribution in [0.1, 0.15) is 23.7 Å². The number of carbonyl (C=O) groups is 2. The summed E-state index contributed by atoms with van der Waals surface area (Å²) in [4.78, 5) is 35.5. The number of pyridine rings is 1. The maximum Gasteiger partial charge on any atom is 0.256 e. The fourth-order valence-electron chi connectivity index (χ4n) is 2.37. The van der Waals surface area contributed by atoms with Gasteiger partial charge in [0.2, 0.25) is 11.3 Å². The SMILES string of the molecule is CC(=O)NCCCNC(=O)c1cn(C)c2cccc(N)c2c1=O. The van der Waals surface area contributed by atoms with Crippen LogP contribution in [0.2, 0.25) is 0 Å². The Kier molecular flexibility index (Phi) is 5.00. The zero-order valence-corrected chi connectivity index (χ0v) is 13.2. The van der Waals surface area contributed by atoms with Gasteiger partial charge in [-0.1, -0.05) is 6.07 Å². The molecule has 0 aliphatic carbocycles. The maximum absolute atomic E-state index is 12.5. The molecule has 0 saturated carbocycles. The van der Waals surface area contributed by atoms with Gasteiger partial charge >= 0.3 is 0 Å². The second-order valence-corrected chi connectivity index (χ2v) is 5.32. The molecule has 0 aliphatic rings. The first-order valence-corrected chi connectivity index (χ1v) is 7.32. The van der Waals surface area contributed by atoms with Gasteiger partial charge in [-0.2, -0.15) is 0 Å². The molecule has 0 saturated heterocycles. The Morgan fingerprint density at radius 1 is 1.22 bits per heavy atom. The predicted octanol–water partition coefficient (Wildman–Crippen LogP) is 0.377. The topological polar surface area (TPSA) is 106 Å². The summed E-state index contributed by atoms with van der Waals surface area (Å²) in [5.41, 5.74) is 6.58. The van der Waals surface area contributed by atoms with Crippen LogP contribution in [0.3, 0.4) is 0 Å². The van der Waals surface area contributed by atoms with Crippen molar-refractivity contribution >= 4 is 28.4 Å². The lowest BCUT2D eigenvalue weighted by atomic mass is 10.1. The summed E-state index contributed by atoms with van der Waals surface area (Å²) in [5, 5.41) is 5.67. The molecule has 2 aromatic rings. The van der Waals surface area contributed by atoms with Gasteiger partial charge in [0.05, 0.1) is 10.9 Å². The molecule has 23 heavy (non-hydrogen) atoms. The average molecular weight is 316 g/mol. The van der Waals surface area contributed by atoms with Gasteiger partial charge in [0.25, 0.3) is 5.91 Å². The van der Waals surface area contributed by atoms with E-state index in [2.05, 4.69) is 10.6 Å². The number of fused-ring (bicyclic) bond motifs is 1. The van der Waals surface area contributed by atoms with Crippen LogP contribution in [0, 0.1) is 0 Å². The number of aromatic nitrogens is 1. The van der Waals surface area contributed by atoms with Crippen LogP contribution in [0.15, 0.2) is 29.2 Å². The van der Waals surface area contributed by atoms with E-state index in [-0.39, 0.29) is 16.9 Å². The molecule has 0 unspecified atom stereocenters. The minimum atomic E-state index is -0.446. The Labute approximate surface area is 133 Å². The van der Waals surface area contributed by atoms with Crippen LogP contribution in [0.4, 0.5) is 5.69 Å². The van der Waals surface area contributed by atoms with E-state index in [1.807, 2.05) is 0 Å². The summed E-state index contributed by atoms with van der Waals surface area (Å²) in [6, 6.07) is 5.18. The number of amides is 2. The standard InChI is InChI=1S/C16H20N4O3/c1-10(21)18-7-4-8-19-16(23)11-9-20(2)13-6-3-5-12(17)14(13)15(11)22/h3,5-6,9H,4,7-8,17H2,1-2H3,(H,18,21)(H,19,23). The second kappa shape index (κ2) is 6.95. The molecule has 4 N–H and O–H groups in total. The van der Waals surface area contributed by atoms with E-state index in [0.717, 1.165) is 0 Å². The van der Waals surface area contributed by atoms with Gasteiger partial charge in [0.15, 0.2) is 0 Å². The molecule has 0 radical (unpaired) electrons. The van der Waals surface area contributed by atoms with Gasteiger partial charge in [-0.05, 0) is 18.6 Å². The quantitative estimate of drug-likeness (QED) is 0.547. The molecule has 2 rings (SSSR count). The Hall–Kier alpha value is -2.83. The number of nitrogen functional groups attached to an aromatic ring is 1. The van der Waals surface area contributed by atoms with Crippen molar-refractivity contribution in [3.05, 3.63) is 40.2 Å². The minimum Gasteiger partial charge on any atom is -0.398 e. The largest absolute Gasteiger partial charge is 0.398 e. The smallest absolute Gasteiger partial charge is 0.256 e. The van der Waals surface area contributed by atoms with Crippen LogP contribution in [0.25, 0.3) is 10.9 Å². The second-order valence-electron chi connectivity index (χ2n) is 5.32. The van der Waals surface area contributed by atoms with Crippen molar-refractivity contribution in [3.63, 3.8) is 0 Å². The highest BCUT2D eigenvalue weighted by Crippen LogP contribution is 2.17. The number of rotatable bonds is 5. The third-order valence-electron chi connectivity index (χ3n) is 3.51. The number of nitrogens with two attached hydrogens (primary N) is 1. The molecule has 2 amide bonds. The Morgan fingerprint density at radius 3 is 2.61 bits per heavy atom. The highest BCUT2D eigenvalue weighted by molar-refractivity contribution is 6.00. The first kappa shape index (κ1) is 16.5. The number of carbonyl (C=O) groups excluding carboxylic acids is 2. The Bertz CT molecular complexity index is 811. The van der Waals surface area contributed by atoms with Crippen LogP contribution >= 0.6 is 0 Å². The fraction of sp³-hybridized carbons (Fsp3) is 0.312. The molecular formula is C16H20N4O3. The summed E-state index contributed by atoms with van der Waals surface area (Å²) >= 11 is 0. The normalized spacial score (nSPS) is 10.5. The molecule has 7 nitrogen and oxygen atoms in total. The molecule has 1 aromatic carbocycles. The van der Waals surface area contributed by atoms with Crippen molar-refractivity contribution in [2.24, 2.45) is 7.05 Å². The first-order valence-electron chi connectivity index (χ1n) is 7.32. The third-order valence-corrected chi connectivity index (χ3v) is 3.51. The predicted molar refractivity (Wildman–Crippen MR) is 89.2 cm³/mol. The van der Waals surface area contributed by atoms with Crippen molar-refractivity contribution in [2.75, 3.05) is 18.8 Å². The number of aryl methyl sites for hydroxylation is 1. The summed E-state index contributed by atoms with van der Waals surface area (Å²) in [7, 11) is 1.76. The third kappa shape index (κ3) is 3.68. The van der Waals surface area contributed by atoms with Gasteiger partial charge in [0, 0.05) is 38.9 Å². The molecule has 7 heteroatoms. The number of hydrogen-bond donors (Lipinski definition) is 3. The van der Waals surface area contributed by atoms with Gasteiger partial charge in [-0.15, -0.1) is 0 Å². The summed E-state index contributed by atoms with van der Waals surface area (Å²) in [6.45, 7) is 2.27. The molecule has 0 bridgehead atoms. The first-order chi connectivity index (χ1) is 10.9. The zero-order chi connectivity index (χ0) is 17.0. The molecule has 0 atom stereocenters. The molecule has 0 fully saturated rings. The lowest BCUT2D eigenvalue weighted by Gasteiger charge is -2.11. The molecule has 1 aromatic heterocycles. The Balaban J connectivity index is 2.18. The number of nitrogens with zero attached hydrogens (tertiary/aromatic N) is 1. The maximum atomic E-state index is 12.5. The van der Waals surface area contributed by atoms with E-state index < -0.39 is 5.91 Å². The van der Waals surface area contributed by atoms with Crippen molar-refractivity contribution in [3.8, 4) is 0 Å². The van der Waals surface area contributed by atoms with E-state index >= 15 is 0 Å². The average Bonchev–Trinajstić information content (AvgIpc) is 2.49. The van der Waals surface area contributed by atoms with Gasteiger partial charge in [-0.3, -0.25) is 14.4 Å². The summed E-state index contributed by atoms with van der Waals surface area (Å²) in [6.07, 6.45) is 2.09. The van der Waals surface area contributed by atoms with Gasteiger partial charge in [0.1, 0.15) is 5.56 Å². The van der Waals surface area contributed by atoms with E-state index in [4.69, 9.17) is 5.73 Å². The summed E-state index contributed by atoms with van der Waals surface area (Å²) < 4.78 is 1.71. The van der Waals surface area contributed by atoms with Crippen molar-refractivity contribution < 1.29 is 9.59 Å². The van der Waals surface area contributed by atoms with Gasteiger partial charge < -0.3 is 20.9 Å². The highest BCUT2D eigenvalue weighted by Gasteiger charge is 2.15. The lowest BCUT2D eigenvalue weighted by Crippen LogP contribution is -2.32. The monoisotopic (exact) mass is 316 g/mol. The van der Waals surface area contributed by atoms with Crippen LogP contribution in [0.5, 0.6) is 0 Å². The lowest BCUT2D eigenvalue weighted by molar-refractivity contribution is -0.118. The van der Waals surface area contributed by atoms with Crippen LogP contribution in [-0.4, -0.2) is 29.5 Å². The molecule has 122 valence electrons. The number of hydrogen-bond acceptors (Lipinski definition) is 4. The summed E-state index contributed by atoms with van der Waals surface area (Å²) in [5.74, 6) is -0.561. The van der Waals surface area contributed by atoms with Gasteiger partial charge in [-0.25, -0.2) is 0 Å². The Morgan fingerprint density at radius 2 is 1.91 bits per heavy atom. The van der Waals surface area contributed by atoms with Crippen molar-refractivity contribution in [2.45, 2.75) is 13.3 Å². The van der Waals surface area contributed by atoms with E-state index in [1.54, 1.807) is 29.8 Å². The van der Waals surface area contributed by atoms with E-state index in [1.165, 1.54) is 13.1 Å². The van der Waals surface area contributed by atoms with Crippen LogP contribution in [-0.2, 0) is 11.8 Å². The molecular weight excluding hydrogens is 296 g/mol. The van der Waals surface area contributed by atoms with Crippen molar-refractivity contribution in [1.82, 2.24) is 15.2 Å². The zero-order valence-electron chi connectivity index (χ0n) is 13.2. The highest BCUT2D eigenvalue weighted by atomic mass is 16.2. The minimum absolute atomic E-state index is 0.0532. The van der Waals surface area contributed by atoms with E-state index in [0.29, 0.717) is 36.1 Å². The fourth-order valence-corrected chi connectivity index (χ4v) is 2.37.